The fraction of sp³-hybridized carbons (Fsp3) is 0.907. The summed E-state index contributed by atoms with van der Waals surface area (Å²) in [6, 6.07) is 0. The summed E-state index contributed by atoms with van der Waals surface area (Å²) in [6.07, 6.45) is 37.9. The third kappa shape index (κ3) is 26.4. The van der Waals surface area contributed by atoms with Gasteiger partial charge >= 0.3 is 11.9 Å². The zero-order valence-electron chi connectivity index (χ0n) is 33.0. The largest absolute Gasteiger partial charge is 0.461 e. The number of hydrogen-bond donors (Lipinski definition) is 1. The van der Waals surface area contributed by atoms with Crippen molar-refractivity contribution in [3.63, 3.8) is 0 Å². The molecule has 0 saturated heterocycles. The number of carbonyl (C=O) groups is 2. The summed E-state index contributed by atoms with van der Waals surface area (Å²) in [6.45, 7) is 8.96. The summed E-state index contributed by atoms with van der Waals surface area (Å²) in [5, 5.41) is 1.99. The van der Waals surface area contributed by atoms with E-state index in [0.29, 0.717) is 12.8 Å². The van der Waals surface area contributed by atoms with Gasteiger partial charge in [-0.2, -0.15) is 0 Å². The molecule has 1 aliphatic carbocycles. The molecule has 1 fully saturated rings. The Balaban J connectivity index is 2.20. The molecule has 5 nitrogen and oxygen atoms in total. The summed E-state index contributed by atoms with van der Waals surface area (Å²) in [5.74, 6) is 0.533. The zero-order chi connectivity index (χ0) is 35.9. The highest BCUT2D eigenvalue weighted by Gasteiger charge is 2.57. The number of hydrogen-bond acceptors (Lipinski definition) is 6. The van der Waals surface area contributed by atoms with Gasteiger partial charge in [-0.3, -0.25) is 9.59 Å². The topological polar surface area (TPSA) is 78.6 Å². The van der Waals surface area contributed by atoms with Gasteiger partial charge in [0, 0.05) is 24.1 Å². The first-order valence-electron chi connectivity index (χ1n) is 21.2. The molecule has 0 spiro atoms. The molecule has 0 heterocycles. The maximum Gasteiger partial charge on any atom is 0.306 e. The van der Waals surface area contributed by atoms with Gasteiger partial charge in [-0.05, 0) is 43.1 Å². The SMILES string of the molecule is CCCCCCCCCCCCCCCCC(=O)OC(/C=C/SCC1(C)CC1(C)N)COC(=O)CCCCCCCCCCCCCCC. The van der Waals surface area contributed by atoms with Crippen LogP contribution in [0.2, 0.25) is 0 Å². The molecule has 0 bridgehead atoms. The summed E-state index contributed by atoms with van der Waals surface area (Å²) in [7, 11) is 0. The van der Waals surface area contributed by atoms with Crippen LogP contribution < -0.4 is 5.73 Å². The number of ether oxygens (including phenoxy) is 2. The lowest BCUT2D eigenvalue weighted by molar-refractivity contribution is -0.156. The van der Waals surface area contributed by atoms with E-state index < -0.39 is 6.10 Å². The third-order valence-corrected chi connectivity index (χ3v) is 11.9. The molecule has 2 N–H and O–H groups in total. The maximum atomic E-state index is 12.7. The molecule has 3 atom stereocenters. The van der Waals surface area contributed by atoms with Crippen molar-refractivity contribution in [2.75, 3.05) is 12.4 Å². The molecule has 0 aromatic heterocycles. The standard InChI is InChI=1S/C43H81NO4S/c1-5-7-9-11-13-15-17-19-21-23-25-27-29-31-33-41(46)48-39(34-35-49-38-42(3)37-43(42,4)44)36-47-40(45)32-30-28-26-24-22-20-18-16-14-12-10-8-6-2/h34-35,39H,5-33,36-38,44H2,1-4H3/b35-34+. The summed E-state index contributed by atoms with van der Waals surface area (Å²) in [4.78, 5) is 25.2. The molecule has 3 unspecified atom stereocenters. The van der Waals surface area contributed by atoms with Gasteiger partial charge in [0.05, 0.1) is 0 Å². The molecule has 1 rings (SSSR count). The van der Waals surface area contributed by atoms with Gasteiger partial charge in [0.25, 0.3) is 0 Å². The van der Waals surface area contributed by atoms with E-state index in [9.17, 15) is 9.59 Å². The van der Waals surface area contributed by atoms with Crippen LogP contribution in [0.15, 0.2) is 11.5 Å². The molecule has 0 aliphatic heterocycles. The summed E-state index contributed by atoms with van der Waals surface area (Å²) < 4.78 is 11.4. The number of esters is 2. The van der Waals surface area contributed by atoms with Gasteiger partial charge in [0.1, 0.15) is 6.61 Å². The maximum absolute atomic E-state index is 12.7. The molecule has 1 saturated carbocycles. The van der Waals surface area contributed by atoms with Crippen molar-refractivity contribution in [1.29, 1.82) is 0 Å². The van der Waals surface area contributed by atoms with E-state index in [4.69, 9.17) is 15.2 Å². The van der Waals surface area contributed by atoms with Crippen LogP contribution in [-0.2, 0) is 19.1 Å². The summed E-state index contributed by atoms with van der Waals surface area (Å²) >= 11 is 1.69. The molecule has 6 heteroatoms. The van der Waals surface area contributed by atoms with Crippen molar-refractivity contribution >= 4 is 23.7 Å². The minimum absolute atomic E-state index is 0.0880. The quantitative estimate of drug-likeness (QED) is 0.0516. The van der Waals surface area contributed by atoms with Crippen LogP contribution in [0.3, 0.4) is 0 Å². The smallest absolute Gasteiger partial charge is 0.306 e. The molecule has 0 aromatic rings. The van der Waals surface area contributed by atoms with Gasteiger partial charge in [0.15, 0.2) is 6.10 Å². The Kier molecular flexibility index (Phi) is 28.7. The molecular weight excluding hydrogens is 627 g/mol. The van der Waals surface area contributed by atoms with Crippen molar-refractivity contribution in [1.82, 2.24) is 0 Å². The van der Waals surface area contributed by atoms with Crippen LogP contribution in [0.25, 0.3) is 0 Å². The third-order valence-electron chi connectivity index (χ3n) is 10.7. The highest BCUT2D eigenvalue weighted by atomic mass is 32.2. The van der Waals surface area contributed by atoms with Crippen molar-refractivity contribution in [3.8, 4) is 0 Å². The number of carbonyl (C=O) groups excluding carboxylic acids is 2. The molecule has 1 aliphatic rings. The van der Waals surface area contributed by atoms with E-state index in [0.717, 1.165) is 37.9 Å². The Morgan fingerprint density at radius 2 is 0.959 bits per heavy atom. The Morgan fingerprint density at radius 1 is 0.612 bits per heavy atom. The molecule has 49 heavy (non-hydrogen) atoms. The van der Waals surface area contributed by atoms with Crippen LogP contribution in [0.5, 0.6) is 0 Å². The van der Waals surface area contributed by atoms with Gasteiger partial charge in [0.2, 0.25) is 0 Å². The Morgan fingerprint density at radius 3 is 1.33 bits per heavy atom. The van der Waals surface area contributed by atoms with Crippen molar-refractivity contribution in [2.45, 2.75) is 232 Å². The van der Waals surface area contributed by atoms with E-state index in [-0.39, 0.29) is 29.5 Å². The van der Waals surface area contributed by atoms with Crippen molar-refractivity contribution in [2.24, 2.45) is 11.1 Å². The lowest BCUT2D eigenvalue weighted by Crippen LogP contribution is -2.26. The van der Waals surface area contributed by atoms with Crippen LogP contribution in [0.4, 0.5) is 0 Å². The van der Waals surface area contributed by atoms with Crippen LogP contribution in [-0.4, -0.2) is 35.9 Å². The molecular formula is C43H81NO4S. The number of unbranched alkanes of at least 4 members (excludes halogenated alkanes) is 25. The van der Waals surface area contributed by atoms with Gasteiger partial charge in [-0.25, -0.2) is 0 Å². The monoisotopic (exact) mass is 708 g/mol. The predicted octanol–water partition coefficient (Wildman–Crippen LogP) is 13.2. The van der Waals surface area contributed by atoms with Gasteiger partial charge < -0.3 is 15.2 Å². The van der Waals surface area contributed by atoms with E-state index in [1.807, 2.05) is 11.5 Å². The molecule has 0 aromatic carbocycles. The average molecular weight is 708 g/mol. The lowest BCUT2D eigenvalue weighted by atomic mass is 10.0. The highest BCUT2D eigenvalue weighted by molar-refractivity contribution is 8.02. The van der Waals surface area contributed by atoms with Crippen LogP contribution >= 0.6 is 11.8 Å². The molecule has 0 radical (unpaired) electrons. The predicted molar refractivity (Wildman–Crippen MR) is 213 cm³/mol. The molecule has 0 amide bonds. The second kappa shape index (κ2) is 30.6. The van der Waals surface area contributed by atoms with E-state index in [2.05, 4.69) is 27.7 Å². The van der Waals surface area contributed by atoms with Crippen molar-refractivity contribution in [3.05, 3.63) is 11.5 Å². The number of rotatable bonds is 36. The van der Waals surface area contributed by atoms with E-state index in [1.54, 1.807) is 11.8 Å². The minimum Gasteiger partial charge on any atom is -0.461 e. The normalized spacial score (nSPS) is 19.4. The lowest BCUT2D eigenvalue weighted by Gasteiger charge is -2.16. The Labute approximate surface area is 308 Å². The second-order valence-corrected chi connectivity index (χ2v) is 16.7. The first kappa shape index (κ1) is 46.0. The van der Waals surface area contributed by atoms with E-state index in [1.165, 1.54) is 148 Å². The average Bonchev–Trinajstić information content (AvgIpc) is 3.59. The first-order chi connectivity index (χ1) is 23.7. The minimum atomic E-state index is -0.543. The highest BCUT2D eigenvalue weighted by Crippen LogP contribution is 2.55. The fourth-order valence-electron chi connectivity index (χ4n) is 6.71. The second-order valence-electron chi connectivity index (χ2n) is 15.8. The Bertz CT molecular complexity index is 831. The number of thioether (sulfide) groups is 1. The Hall–Kier alpha value is -1.01. The van der Waals surface area contributed by atoms with Crippen LogP contribution in [0.1, 0.15) is 220 Å². The van der Waals surface area contributed by atoms with E-state index >= 15 is 0 Å². The molecule has 288 valence electrons. The number of nitrogens with two attached hydrogens (primary N) is 1. The first-order valence-corrected chi connectivity index (χ1v) is 22.2. The zero-order valence-corrected chi connectivity index (χ0v) is 33.8. The summed E-state index contributed by atoms with van der Waals surface area (Å²) in [5.41, 5.74) is 6.34. The fourth-order valence-corrected chi connectivity index (χ4v) is 7.89. The van der Waals surface area contributed by atoms with Gasteiger partial charge in [-0.15, -0.1) is 11.8 Å². The van der Waals surface area contributed by atoms with Crippen molar-refractivity contribution < 1.29 is 19.1 Å². The van der Waals surface area contributed by atoms with Gasteiger partial charge in [-0.1, -0.05) is 181 Å². The van der Waals surface area contributed by atoms with Crippen LogP contribution in [0, 0.1) is 5.41 Å².